The number of amides is 3. The van der Waals surface area contributed by atoms with E-state index in [0.717, 1.165) is 19.3 Å². The Hall–Kier alpha value is -2.04. The molecule has 5 nitrogen and oxygen atoms in total. The van der Waals surface area contributed by atoms with Crippen LogP contribution in [0, 0.1) is 0 Å². The fourth-order valence-electron chi connectivity index (χ4n) is 2.85. The van der Waals surface area contributed by atoms with Gasteiger partial charge in [-0.1, -0.05) is 49.6 Å². The number of urea groups is 1. The van der Waals surface area contributed by atoms with Crippen LogP contribution in [0.15, 0.2) is 30.3 Å². The minimum absolute atomic E-state index is 0.0288. The molecule has 0 spiro atoms. The van der Waals surface area contributed by atoms with Gasteiger partial charge in [0.05, 0.1) is 0 Å². The summed E-state index contributed by atoms with van der Waals surface area (Å²) in [5.41, 5.74) is 1.21. The van der Waals surface area contributed by atoms with Crippen molar-refractivity contribution in [1.82, 2.24) is 16.0 Å². The molecule has 1 saturated carbocycles. The van der Waals surface area contributed by atoms with Crippen LogP contribution in [0.3, 0.4) is 0 Å². The van der Waals surface area contributed by atoms with Crippen LogP contribution in [-0.2, 0) is 11.2 Å². The third-order valence-electron chi connectivity index (χ3n) is 4.16. The van der Waals surface area contributed by atoms with Gasteiger partial charge >= 0.3 is 6.03 Å². The molecule has 0 unspecified atom stereocenters. The molecule has 0 saturated heterocycles. The Morgan fingerprint density at radius 3 is 2.43 bits per heavy atom. The van der Waals surface area contributed by atoms with E-state index in [4.69, 9.17) is 0 Å². The summed E-state index contributed by atoms with van der Waals surface area (Å²) < 4.78 is 0. The summed E-state index contributed by atoms with van der Waals surface area (Å²) >= 11 is 0. The number of carbonyl (C=O) groups is 2. The van der Waals surface area contributed by atoms with Crippen LogP contribution >= 0.6 is 0 Å². The summed E-state index contributed by atoms with van der Waals surface area (Å²) in [5.74, 6) is -0.0288. The van der Waals surface area contributed by atoms with E-state index in [0.29, 0.717) is 25.6 Å². The van der Waals surface area contributed by atoms with E-state index in [1.165, 1.54) is 24.8 Å². The fourth-order valence-corrected chi connectivity index (χ4v) is 2.85. The van der Waals surface area contributed by atoms with Gasteiger partial charge in [-0.25, -0.2) is 4.79 Å². The second-order valence-corrected chi connectivity index (χ2v) is 6.07. The van der Waals surface area contributed by atoms with Gasteiger partial charge in [0, 0.05) is 25.6 Å². The minimum atomic E-state index is -0.158. The Balaban J connectivity index is 1.51. The van der Waals surface area contributed by atoms with Gasteiger partial charge in [0.2, 0.25) is 5.91 Å². The predicted molar refractivity (Wildman–Crippen MR) is 91.2 cm³/mol. The third kappa shape index (κ3) is 7.17. The molecule has 1 fully saturated rings. The van der Waals surface area contributed by atoms with E-state index in [1.807, 2.05) is 30.3 Å². The molecule has 1 aliphatic carbocycles. The number of carbonyl (C=O) groups excluding carboxylic acids is 2. The van der Waals surface area contributed by atoms with Gasteiger partial charge in [0.15, 0.2) is 0 Å². The number of nitrogens with one attached hydrogen (secondary N) is 3. The second kappa shape index (κ2) is 9.87. The molecule has 3 amide bonds. The zero-order valence-electron chi connectivity index (χ0n) is 13.6. The molecule has 0 aliphatic heterocycles. The van der Waals surface area contributed by atoms with Crippen LogP contribution in [0.1, 0.15) is 44.1 Å². The Kier molecular flexibility index (Phi) is 7.43. The monoisotopic (exact) mass is 317 g/mol. The summed E-state index contributed by atoms with van der Waals surface area (Å²) in [6.07, 6.45) is 6.91. The lowest BCUT2D eigenvalue weighted by Crippen LogP contribution is -2.43. The normalized spacial score (nSPS) is 15.0. The summed E-state index contributed by atoms with van der Waals surface area (Å²) in [6.45, 7) is 0.993. The van der Waals surface area contributed by atoms with Crippen molar-refractivity contribution in [2.75, 3.05) is 13.1 Å². The maximum Gasteiger partial charge on any atom is 0.315 e. The van der Waals surface area contributed by atoms with Crippen molar-refractivity contribution in [3.8, 4) is 0 Å². The van der Waals surface area contributed by atoms with E-state index in [2.05, 4.69) is 16.0 Å². The fraction of sp³-hybridized carbons (Fsp3) is 0.556. The molecule has 0 radical (unpaired) electrons. The molecule has 23 heavy (non-hydrogen) atoms. The van der Waals surface area contributed by atoms with Gasteiger partial charge in [-0.05, 0) is 24.8 Å². The van der Waals surface area contributed by atoms with Crippen molar-refractivity contribution in [3.63, 3.8) is 0 Å². The van der Waals surface area contributed by atoms with E-state index >= 15 is 0 Å². The lowest BCUT2D eigenvalue weighted by Gasteiger charge is -2.22. The van der Waals surface area contributed by atoms with Crippen molar-refractivity contribution < 1.29 is 9.59 Å². The topological polar surface area (TPSA) is 70.2 Å². The van der Waals surface area contributed by atoms with Gasteiger partial charge in [-0.3, -0.25) is 4.79 Å². The zero-order valence-corrected chi connectivity index (χ0v) is 13.6. The van der Waals surface area contributed by atoms with Crippen LogP contribution < -0.4 is 16.0 Å². The Morgan fingerprint density at radius 2 is 1.70 bits per heavy atom. The maximum atomic E-state index is 11.7. The molecule has 1 aromatic carbocycles. The maximum absolute atomic E-state index is 11.7. The average molecular weight is 317 g/mol. The van der Waals surface area contributed by atoms with Crippen molar-refractivity contribution in [3.05, 3.63) is 35.9 Å². The number of hydrogen-bond acceptors (Lipinski definition) is 2. The predicted octanol–water partition coefficient (Wildman–Crippen LogP) is 2.37. The van der Waals surface area contributed by atoms with E-state index in [-0.39, 0.29) is 11.9 Å². The lowest BCUT2D eigenvalue weighted by atomic mass is 9.96. The van der Waals surface area contributed by atoms with Crippen molar-refractivity contribution in [1.29, 1.82) is 0 Å². The first kappa shape index (κ1) is 17.3. The summed E-state index contributed by atoms with van der Waals surface area (Å²) in [6, 6.07) is 10.2. The quantitative estimate of drug-likeness (QED) is 0.722. The van der Waals surface area contributed by atoms with Crippen LogP contribution in [0.5, 0.6) is 0 Å². The minimum Gasteiger partial charge on any atom is -0.356 e. The van der Waals surface area contributed by atoms with Crippen LogP contribution in [0.25, 0.3) is 0 Å². The van der Waals surface area contributed by atoms with E-state index in [9.17, 15) is 9.59 Å². The van der Waals surface area contributed by atoms with Gasteiger partial charge in [-0.15, -0.1) is 0 Å². The Morgan fingerprint density at radius 1 is 0.957 bits per heavy atom. The first-order valence-corrected chi connectivity index (χ1v) is 8.59. The van der Waals surface area contributed by atoms with Crippen LogP contribution in [-0.4, -0.2) is 31.1 Å². The molecule has 5 heteroatoms. The molecule has 1 aromatic rings. The highest BCUT2D eigenvalue weighted by Gasteiger charge is 2.15. The second-order valence-electron chi connectivity index (χ2n) is 6.07. The average Bonchev–Trinajstić information content (AvgIpc) is 2.57. The first-order valence-electron chi connectivity index (χ1n) is 8.59. The summed E-state index contributed by atoms with van der Waals surface area (Å²) in [4.78, 5) is 23.5. The van der Waals surface area contributed by atoms with Crippen molar-refractivity contribution in [2.24, 2.45) is 0 Å². The van der Waals surface area contributed by atoms with Gasteiger partial charge in [0.25, 0.3) is 0 Å². The van der Waals surface area contributed by atoms with E-state index in [1.54, 1.807) is 0 Å². The standard InChI is InChI=1S/C18H27N3O2/c22-17(19-13-11-15-7-3-1-4-8-15)12-14-20-18(23)21-16-9-5-2-6-10-16/h1,3-4,7-8,16H,2,5-6,9-14H2,(H,19,22)(H2,20,21,23). The molecule has 0 heterocycles. The number of benzene rings is 1. The molecular weight excluding hydrogens is 290 g/mol. The highest BCUT2D eigenvalue weighted by molar-refractivity contribution is 5.78. The molecule has 0 aromatic heterocycles. The first-order chi connectivity index (χ1) is 11.2. The lowest BCUT2D eigenvalue weighted by molar-refractivity contribution is -0.120. The number of rotatable bonds is 7. The smallest absolute Gasteiger partial charge is 0.315 e. The van der Waals surface area contributed by atoms with Crippen LogP contribution in [0.4, 0.5) is 4.79 Å². The van der Waals surface area contributed by atoms with Crippen molar-refractivity contribution >= 4 is 11.9 Å². The molecule has 1 aliphatic rings. The molecule has 126 valence electrons. The largest absolute Gasteiger partial charge is 0.356 e. The molecule has 0 atom stereocenters. The third-order valence-corrected chi connectivity index (χ3v) is 4.16. The zero-order chi connectivity index (χ0) is 16.3. The Bertz CT molecular complexity index is 484. The van der Waals surface area contributed by atoms with Gasteiger partial charge in [0.1, 0.15) is 0 Å². The van der Waals surface area contributed by atoms with Gasteiger partial charge in [-0.2, -0.15) is 0 Å². The SMILES string of the molecule is O=C(CCNC(=O)NC1CCCCC1)NCCc1ccccc1. The highest BCUT2D eigenvalue weighted by Crippen LogP contribution is 2.17. The molecular formula is C18H27N3O2. The Labute approximate surface area is 138 Å². The molecule has 0 bridgehead atoms. The summed E-state index contributed by atoms with van der Waals surface area (Å²) in [5, 5.41) is 8.61. The van der Waals surface area contributed by atoms with Crippen molar-refractivity contribution in [2.45, 2.75) is 51.0 Å². The molecule has 3 N–H and O–H groups in total. The van der Waals surface area contributed by atoms with Gasteiger partial charge < -0.3 is 16.0 Å². The number of hydrogen-bond donors (Lipinski definition) is 3. The molecule has 2 rings (SSSR count). The summed E-state index contributed by atoms with van der Waals surface area (Å²) in [7, 11) is 0. The highest BCUT2D eigenvalue weighted by atomic mass is 16.2. The van der Waals surface area contributed by atoms with E-state index < -0.39 is 0 Å². The van der Waals surface area contributed by atoms with Crippen LogP contribution in [0.2, 0.25) is 0 Å².